The molecule has 2 N–H and O–H groups in total. The number of hydrogen-bond donors (Lipinski definition) is 1. The van der Waals surface area contributed by atoms with Crippen LogP contribution in [0, 0.1) is 5.41 Å². The van der Waals surface area contributed by atoms with Gasteiger partial charge in [-0.1, -0.05) is 26.0 Å². The molecule has 1 aromatic rings. The molecule has 0 atom stereocenters. The van der Waals surface area contributed by atoms with Crippen LogP contribution in [0.5, 0.6) is 0 Å². The third kappa shape index (κ3) is 2.99. The topological polar surface area (TPSA) is 46.3 Å². The first-order valence-electron chi connectivity index (χ1n) is 6.08. The van der Waals surface area contributed by atoms with E-state index in [-0.39, 0.29) is 11.3 Å². The zero-order chi connectivity index (χ0) is 12.5. The highest BCUT2D eigenvalue weighted by atomic mass is 16.2. The van der Waals surface area contributed by atoms with E-state index in [1.807, 2.05) is 29.2 Å². The number of nitrogen functional groups attached to an aromatic ring is 1. The van der Waals surface area contributed by atoms with Crippen molar-refractivity contribution >= 4 is 11.6 Å². The second-order valence-corrected chi connectivity index (χ2v) is 5.65. The van der Waals surface area contributed by atoms with Crippen LogP contribution in [0.4, 0.5) is 5.69 Å². The number of carbonyl (C=O) groups excluding carboxylic acids is 1. The van der Waals surface area contributed by atoms with Crippen molar-refractivity contribution in [2.45, 2.75) is 26.7 Å². The molecular weight excluding hydrogens is 212 g/mol. The Morgan fingerprint density at radius 2 is 2.00 bits per heavy atom. The van der Waals surface area contributed by atoms with Gasteiger partial charge in [0.05, 0.1) is 6.42 Å². The predicted molar refractivity (Wildman–Crippen MR) is 69.5 cm³/mol. The van der Waals surface area contributed by atoms with E-state index < -0.39 is 0 Å². The van der Waals surface area contributed by atoms with Gasteiger partial charge in [0.2, 0.25) is 5.91 Å². The number of amides is 1. The van der Waals surface area contributed by atoms with Crippen LogP contribution in [0.2, 0.25) is 0 Å². The van der Waals surface area contributed by atoms with Crippen LogP contribution in [-0.4, -0.2) is 23.9 Å². The SMILES string of the molecule is CC1(C)CCN(C(=O)Cc2ccc(N)cc2)C1. The average Bonchev–Trinajstić information content (AvgIpc) is 2.62. The van der Waals surface area contributed by atoms with Crippen LogP contribution in [0.3, 0.4) is 0 Å². The van der Waals surface area contributed by atoms with Gasteiger partial charge in [0, 0.05) is 18.8 Å². The fourth-order valence-corrected chi connectivity index (χ4v) is 2.25. The van der Waals surface area contributed by atoms with E-state index in [9.17, 15) is 4.79 Å². The highest BCUT2D eigenvalue weighted by molar-refractivity contribution is 5.79. The summed E-state index contributed by atoms with van der Waals surface area (Å²) in [7, 11) is 0. The standard InChI is InChI=1S/C14H20N2O/c1-14(2)7-8-16(10-14)13(17)9-11-3-5-12(15)6-4-11/h3-6H,7-10,15H2,1-2H3. The molecule has 1 heterocycles. The average molecular weight is 232 g/mol. The lowest BCUT2D eigenvalue weighted by Gasteiger charge is -2.19. The Kier molecular flexibility index (Phi) is 3.09. The van der Waals surface area contributed by atoms with E-state index in [1.54, 1.807) is 0 Å². The third-order valence-corrected chi connectivity index (χ3v) is 3.37. The molecule has 0 spiro atoms. The Labute approximate surface area is 103 Å². The van der Waals surface area contributed by atoms with Crippen LogP contribution in [0.1, 0.15) is 25.8 Å². The van der Waals surface area contributed by atoms with Crippen LogP contribution in [0.25, 0.3) is 0 Å². The highest BCUT2D eigenvalue weighted by Gasteiger charge is 2.31. The Morgan fingerprint density at radius 1 is 1.35 bits per heavy atom. The number of carbonyl (C=O) groups is 1. The van der Waals surface area contributed by atoms with Crippen LogP contribution in [-0.2, 0) is 11.2 Å². The normalized spacial score (nSPS) is 18.4. The number of hydrogen-bond acceptors (Lipinski definition) is 2. The predicted octanol–water partition coefficient (Wildman–Crippen LogP) is 2.07. The van der Waals surface area contributed by atoms with Gasteiger partial charge in [-0.05, 0) is 29.5 Å². The van der Waals surface area contributed by atoms with Crippen molar-refractivity contribution in [2.75, 3.05) is 18.8 Å². The van der Waals surface area contributed by atoms with Gasteiger partial charge >= 0.3 is 0 Å². The first-order valence-corrected chi connectivity index (χ1v) is 6.08. The molecular formula is C14H20N2O. The van der Waals surface area contributed by atoms with Crippen molar-refractivity contribution < 1.29 is 4.79 Å². The van der Waals surface area contributed by atoms with Crippen molar-refractivity contribution in [1.82, 2.24) is 4.90 Å². The van der Waals surface area contributed by atoms with E-state index in [4.69, 9.17) is 5.73 Å². The van der Waals surface area contributed by atoms with E-state index in [2.05, 4.69) is 13.8 Å². The summed E-state index contributed by atoms with van der Waals surface area (Å²) in [6.07, 6.45) is 1.58. The van der Waals surface area contributed by atoms with Gasteiger partial charge in [-0.15, -0.1) is 0 Å². The van der Waals surface area contributed by atoms with E-state index >= 15 is 0 Å². The van der Waals surface area contributed by atoms with E-state index in [0.717, 1.165) is 30.8 Å². The molecule has 17 heavy (non-hydrogen) atoms. The van der Waals surface area contributed by atoms with Gasteiger partial charge in [-0.2, -0.15) is 0 Å². The number of anilines is 1. The molecule has 0 aromatic heterocycles. The first kappa shape index (κ1) is 12.0. The fraction of sp³-hybridized carbons (Fsp3) is 0.500. The first-order chi connectivity index (χ1) is 7.96. The zero-order valence-electron chi connectivity index (χ0n) is 10.6. The van der Waals surface area contributed by atoms with Gasteiger partial charge in [0.25, 0.3) is 0 Å². The van der Waals surface area contributed by atoms with Gasteiger partial charge in [-0.25, -0.2) is 0 Å². The minimum Gasteiger partial charge on any atom is -0.399 e. The third-order valence-electron chi connectivity index (χ3n) is 3.37. The summed E-state index contributed by atoms with van der Waals surface area (Å²) < 4.78 is 0. The Bertz CT molecular complexity index is 409. The zero-order valence-corrected chi connectivity index (χ0v) is 10.6. The lowest BCUT2D eigenvalue weighted by Crippen LogP contribution is -2.31. The molecule has 0 aliphatic carbocycles. The fourth-order valence-electron chi connectivity index (χ4n) is 2.25. The lowest BCUT2D eigenvalue weighted by atomic mass is 9.93. The van der Waals surface area contributed by atoms with Gasteiger partial charge < -0.3 is 10.6 Å². The number of rotatable bonds is 2. The smallest absolute Gasteiger partial charge is 0.227 e. The molecule has 1 aliphatic rings. The number of likely N-dealkylation sites (tertiary alicyclic amines) is 1. The molecule has 92 valence electrons. The monoisotopic (exact) mass is 232 g/mol. The molecule has 1 fully saturated rings. The summed E-state index contributed by atoms with van der Waals surface area (Å²) >= 11 is 0. The molecule has 3 heteroatoms. The molecule has 0 bridgehead atoms. The van der Waals surface area contributed by atoms with Crippen molar-refractivity contribution in [3.8, 4) is 0 Å². The van der Waals surface area contributed by atoms with Crippen molar-refractivity contribution in [1.29, 1.82) is 0 Å². The van der Waals surface area contributed by atoms with Crippen LogP contribution >= 0.6 is 0 Å². The molecule has 2 rings (SSSR count). The number of nitrogens with two attached hydrogens (primary N) is 1. The maximum Gasteiger partial charge on any atom is 0.227 e. The molecule has 0 radical (unpaired) electrons. The largest absolute Gasteiger partial charge is 0.399 e. The van der Waals surface area contributed by atoms with Gasteiger partial charge in [0.1, 0.15) is 0 Å². The Hall–Kier alpha value is -1.51. The molecule has 1 saturated heterocycles. The number of nitrogens with zero attached hydrogens (tertiary/aromatic N) is 1. The summed E-state index contributed by atoms with van der Waals surface area (Å²) in [5.41, 5.74) is 7.67. The summed E-state index contributed by atoms with van der Waals surface area (Å²) in [5.74, 6) is 0.223. The van der Waals surface area contributed by atoms with Crippen LogP contribution in [0.15, 0.2) is 24.3 Å². The van der Waals surface area contributed by atoms with Gasteiger partial charge in [0.15, 0.2) is 0 Å². The van der Waals surface area contributed by atoms with Crippen molar-refractivity contribution in [2.24, 2.45) is 5.41 Å². The van der Waals surface area contributed by atoms with Crippen LogP contribution < -0.4 is 5.73 Å². The summed E-state index contributed by atoms with van der Waals surface area (Å²) in [6.45, 7) is 6.19. The second kappa shape index (κ2) is 4.40. The van der Waals surface area contributed by atoms with E-state index in [0.29, 0.717) is 6.42 Å². The molecule has 1 aliphatic heterocycles. The highest BCUT2D eigenvalue weighted by Crippen LogP contribution is 2.29. The molecule has 0 saturated carbocycles. The number of benzene rings is 1. The van der Waals surface area contributed by atoms with E-state index in [1.165, 1.54) is 0 Å². The maximum atomic E-state index is 12.1. The van der Waals surface area contributed by atoms with Gasteiger partial charge in [-0.3, -0.25) is 4.79 Å². The Morgan fingerprint density at radius 3 is 2.53 bits per heavy atom. The van der Waals surface area contributed by atoms with Crippen molar-refractivity contribution in [3.05, 3.63) is 29.8 Å². The molecule has 0 unspecified atom stereocenters. The maximum absolute atomic E-state index is 12.1. The lowest BCUT2D eigenvalue weighted by molar-refractivity contribution is -0.129. The van der Waals surface area contributed by atoms with Crippen molar-refractivity contribution in [3.63, 3.8) is 0 Å². The molecule has 1 aromatic carbocycles. The summed E-state index contributed by atoms with van der Waals surface area (Å²) in [4.78, 5) is 14.1. The minimum absolute atomic E-state index is 0.223. The summed E-state index contributed by atoms with van der Waals surface area (Å²) in [6, 6.07) is 7.54. The quantitative estimate of drug-likeness (QED) is 0.793. The molecule has 1 amide bonds. The second-order valence-electron chi connectivity index (χ2n) is 5.65. The molecule has 3 nitrogen and oxygen atoms in total. The Balaban J connectivity index is 1.96. The summed E-state index contributed by atoms with van der Waals surface area (Å²) in [5, 5.41) is 0. The minimum atomic E-state index is 0.223.